The number of nitrogens with two attached hydrogens (primary N) is 1. The van der Waals surface area contributed by atoms with Gasteiger partial charge in [0.05, 0.1) is 12.3 Å². The Morgan fingerprint density at radius 2 is 2.10 bits per heavy atom. The van der Waals surface area contributed by atoms with Crippen LogP contribution >= 0.6 is 0 Å². The highest BCUT2D eigenvalue weighted by Crippen LogP contribution is 2.40. The normalized spacial score (nSPS) is 25.2. The molecule has 2 unspecified atom stereocenters. The molecule has 112 valence electrons. The number of pyridine rings is 1. The van der Waals surface area contributed by atoms with Gasteiger partial charge in [-0.2, -0.15) is 4.98 Å². The van der Waals surface area contributed by atoms with Crippen molar-refractivity contribution in [3.63, 3.8) is 0 Å². The molecule has 2 rings (SSSR count). The van der Waals surface area contributed by atoms with Gasteiger partial charge in [0.15, 0.2) is 0 Å². The second kappa shape index (κ2) is 5.90. The zero-order chi connectivity index (χ0) is 14.8. The van der Waals surface area contributed by atoms with E-state index in [9.17, 15) is 0 Å². The van der Waals surface area contributed by atoms with E-state index in [-0.39, 0.29) is 6.10 Å². The first-order valence-electron chi connectivity index (χ1n) is 7.45. The molecule has 20 heavy (non-hydrogen) atoms. The minimum Gasteiger partial charge on any atom is -0.476 e. The fourth-order valence-electron chi connectivity index (χ4n) is 3.27. The molecule has 4 heteroatoms. The molecular formula is C16H26N2O2. The third-order valence-electron chi connectivity index (χ3n) is 3.78. The van der Waals surface area contributed by atoms with E-state index in [1.165, 1.54) is 6.42 Å². The van der Waals surface area contributed by atoms with Crippen molar-refractivity contribution in [3.8, 4) is 11.8 Å². The lowest BCUT2D eigenvalue weighted by atomic mass is 9.71. The molecule has 0 spiro atoms. The van der Waals surface area contributed by atoms with E-state index >= 15 is 0 Å². The summed E-state index contributed by atoms with van der Waals surface area (Å²) in [5.41, 5.74) is 6.72. The summed E-state index contributed by atoms with van der Waals surface area (Å²) in [7, 11) is 0. The lowest BCUT2D eigenvalue weighted by Gasteiger charge is -2.38. The summed E-state index contributed by atoms with van der Waals surface area (Å²) in [6.07, 6.45) is 3.62. The minimum absolute atomic E-state index is 0.222. The van der Waals surface area contributed by atoms with Gasteiger partial charge in [0.2, 0.25) is 11.8 Å². The molecule has 1 fully saturated rings. The Kier molecular flexibility index (Phi) is 4.41. The molecule has 0 amide bonds. The molecule has 0 aliphatic heterocycles. The van der Waals surface area contributed by atoms with Crippen LogP contribution in [0.3, 0.4) is 0 Å². The highest BCUT2D eigenvalue weighted by molar-refractivity contribution is 5.49. The van der Waals surface area contributed by atoms with Gasteiger partial charge in [-0.3, -0.25) is 0 Å². The predicted octanol–water partition coefficient (Wildman–Crippen LogP) is 3.66. The van der Waals surface area contributed by atoms with Gasteiger partial charge in [0.25, 0.3) is 0 Å². The zero-order valence-electron chi connectivity index (χ0n) is 13.0. The summed E-state index contributed by atoms with van der Waals surface area (Å²) in [5.74, 6) is 1.76. The van der Waals surface area contributed by atoms with E-state index in [1.807, 2.05) is 13.0 Å². The van der Waals surface area contributed by atoms with Crippen LogP contribution in [0.1, 0.15) is 47.0 Å². The number of rotatable bonds is 4. The Bertz CT molecular complexity index is 460. The Hall–Kier alpha value is -1.45. The molecule has 4 nitrogen and oxygen atoms in total. The average molecular weight is 278 g/mol. The molecule has 0 saturated heterocycles. The molecule has 0 aromatic carbocycles. The average Bonchev–Trinajstić information content (AvgIpc) is 2.31. The molecule has 0 radical (unpaired) electrons. The maximum Gasteiger partial charge on any atom is 0.240 e. The summed E-state index contributed by atoms with van der Waals surface area (Å²) >= 11 is 0. The molecule has 1 aromatic rings. The Balaban J connectivity index is 2.07. The van der Waals surface area contributed by atoms with Gasteiger partial charge in [0.1, 0.15) is 6.10 Å². The van der Waals surface area contributed by atoms with Gasteiger partial charge >= 0.3 is 0 Å². The van der Waals surface area contributed by atoms with Crippen molar-refractivity contribution >= 4 is 5.69 Å². The van der Waals surface area contributed by atoms with Gasteiger partial charge in [-0.15, -0.1) is 0 Å². The van der Waals surface area contributed by atoms with Gasteiger partial charge in [-0.05, 0) is 43.6 Å². The Morgan fingerprint density at radius 1 is 1.35 bits per heavy atom. The van der Waals surface area contributed by atoms with E-state index in [0.717, 1.165) is 12.8 Å². The fourth-order valence-corrected chi connectivity index (χ4v) is 3.27. The minimum atomic E-state index is 0.222. The summed E-state index contributed by atoms with van der Waals surface area (Å²) in [6, 6.07) is 3.62. The number of hydrogen-bond donors (Lipinski definition) is 1. The maximum absolute atomic E-state index is 6.06. The van der Waals surface area contributed by atoms with Crippen LogP contribution in [0.5, 0.6) is 11.8 Å². The van der Waals surface area contributed by atoms with Crippen molar-refractivity contribution in [1.82, 2.24) is 4.98 Å². The van der Waals surface area contributed by atoms with Crippen LogP contribution in [0, 0.1) is 11.3 Å². The van der Waals surface area contributed by atoms with E-state index in [1.54, 1.807) is 6.07 Å². The standard InChI is InChI=1S/C16H26N2O2/c1-5-19-15-13(17)6-7-14(18-15)20-12-8-11(2)9-16(3,4)10-12/h6-7,11-12H,5,8-10,17H2,1-4H3. The molecule has 1 aliphatic carbocycles. The molecule has 0 bridgehead atoms. The molecule has 1 aromatic heterocycles. The second-order valence-corrected chi connectivity index (χ2v) is 6.63. The Labute approximate surface area is 121 Å². The summed E-state index contributed by atoms with van der Waals surface area (Å²) in [6.45, 7) is 9.37. The van der Waals surface area contributed by atoms with Crippen LogP contribution in [0.2, 0.25) is 0 Å². The molecule has 1 aliphatic rings. The highest BCUT2D eigenvalue weighted by atomic mass is 16.5. The third-order valence-corrected chi connectivity index (χ3v) is 3.78. The van der Waals surface area contributed by atoms with Gasteiger partial charge < -0.3 is 15.2 Å². The van der Waals surface area contributed by atoms with Crippen LogP contribution in [0.4, 0.5) is 5.69 Å². The predicted molar refractivity (Wildman–Crippen MR) is 81.0 cm³/mol. The monoisotopic (exact) mass is 278 g/mol. The molecule has 2 atom stereocenters. The van der Waals surface area contributed by atoms with Crippen LogP contribution in [0.15, 0.2) is 12.1 Å². The van der Waals surface area contributed by atoms with Crippen molar-refractivity contribution in [1.29, 1.82) is 0 Å². The van der Waals surface area contributed by atoms with E-state index in [0.29, 0.717) is 35.4 Å². The van der Waals surface area contributed by atoms with Crippen molar-refractivity contribution in [2.45, 2.75) is 53.1 Å². The van der Waals surface area contributed by atoms with Crippen LogP contribution in [-0.2, 0) is 0 Å². The smallest absolute Gasteiger partial charge is 0.240 e. The first kappa shape index (κ1) is 14.9. The first-order valence-corrected chi connectivity index (χ1v) is 7.45. The van der Waals surface area contributed by atoms with Crippen LogP contribution < -0.4 is 15.2 Å². The van der Waals surface area contributed by atoms with Crippen molar-refractivity contribution in [2.75, 3.05) is 12.3 Å². The first-order chi connectivity index (χ1) is 9.39. The quantitative estimate of drug-likeness (QED) is 0.913. The zero-order valence-corrected chi connectivity index (χ0v) is 13.0. The molecule has 1 saturated carbocycles. The fraction of sp³-hybridized carbons (Fsp3) is 0.688. The van der Waals surface area contributed by atoms with Crippen LogP contribution in [0.25, 0.3) is 0 Å². The number of ether oxygens (including phenoxy) is 2. The van der Waals surface area contributed by atoms with E-state index in [4.69, 9.17) is 15.2 Å². The third kappa shape index (κ3) is 3.78. The second-order valence-electron chi connectivity index (χ2n) is 6.63. The molecular weight excluding hydrogens is 252 g/mol. The number of nitrogens with zero attached hydrogens (tertiary/aromatic N) is 1. The topological polar surface area (TPSA) is 57.4 Å². The summed E-state index contributed by atoms with van der Waals surface area (Å²) in [4.78, 5) is 4.36. The Morgan fingerprint density at radius 3 is 2.75 bits per heavy atom. The number of anilines is 1. The number of aromatic nitrogens is 1. The highest BCUT2D eigenvalue weighted by Gasteiger charge is 2.33. The SMILES string of the molecule is CCOc1nc(OC2CC(C)CC(C)(C)C2)ccc1N. The lowest BCUT2D eigenvalue weighted by molar-refractivity contribution is 0.0528. The van der Waals surface area contributed by atoms with Crippen molar-refractivity contribution < 1.29 is 9.47 Å². The maximum atomic E-state index is 6.06. The summed E-state index contributed by atoms with van der Waals surface area (Å²) < 4.78 is 11.5. The van der Waals surface area contributed by atoms with Crippen molar-refractivity contribution in [2.24, 2.45) is 11.3 Å². The van der Waals surface area contributed by atoms with Gasteiger partial charge in [-0.1, -0.05) is 20.8 Å². The number of hydrogen-bond acceptors (Lipinski definition) is 4. The van der Waals surface area contributed by atoms with Crippen LogP contribution in [-0.4, -0.2) is 17.7 Å². The van der Waals surface area contributed by atoms with E-state index < -0.39 is 0 Å². The lowest BCUT2D eigenvalue weighted by Crippen LogP contribution is -2.34. The largest absolute Gasteiger partial charge is 0.476 e. The summed E-state index contributed by atoms with van der Waals surface area (Å²) in [5, 5.41) is 0. The van der Waals surface area contributed by atoms with Crippen molar-refractivity contribution in [3.05, 3.63) is 12.1 Å². The van der Waals surface area contributed by atoms with E-state index in [2.05, 4.69) is 25.8 Å². The molecule has 1 heterocycles. The molecule has 2 N–H and O–H groups in total. The van der Waals surface area contributed by atoms with Gasteiger partial charge in [0, 0.05) is 6.07 Å². The number of nitrogen functional groups attached to an aromatic ring is 1. The van der Waals surface area contributed by atoms with Gasteiger partial charge in [-0.25, -0.2) is 0 Å².